The number of carboxylic acids is 1. The number of unbranched alkanes of at least 4 members (excludes halogenated alkanes) is 1. The molecule has 0 heterocycles. The molecule has 19 heavy (non-hydrogen) atoms. The molecule has 0 aromatic heterocycles. The van der Waals surface area contributed by atoms with Crippen LogP contribution in [0.1, 0.15) is 72.1 Å². The molecule has 0 aromatic rings. The fraction of sp³-hybridized carbons (Fsp3) is 0.938. The van der Waals surface area contributed by atoms with E-state index in [9.17, 15) is 9.90 Å². The monoisotopic (exact) mass is 270 g/mol. The Kier molecular flexibility index (Phi) is 6.84. The molecule has 1 rings (SSSR count). The molecule has 1 N–H and O–H groups in total. The van der Waals surface area contributed by atoms with Crippen molar-refractivity contribution in [1.29, 1.82) is 0 Å². The van der Waals surface area contributed by atoms with E-state index in [1.54, 1.807) is 0 Å². The van der Waals surface area contributed by atoms with Crippen molar-refractivity contribution in [1.82, 2.24) is 0 Å². The molecular weight excluding hydrogens is 240 g/mol. The van der Waals surface area contributed by atoms with Crippen molar-refractivity contribution in [2.45, 2.75) is 78.2 Å². The van der Waals surface area contributed by atoms with Gasteiger partial charge in [0.15, 0.2) is 0 Å². The Morgan fingerprint density at radius 1 is 1.37 bits per heavy atom. The summed E-state index contributed by atoms with van der Waals surface area (Å²) in [6.07, 6.45) is 8.46. The van der Waals surface area contributed by atoms with Crippen molar-refractivity contribution in [3.8, 4) is 0 Å². The summed E-state index contributed by atoms with van der Waals surface area (Å²) in [6.45, 7) is 6.78. The molecule has 0 spiro atoms. The molecule has 3 nitrogen and oxygen atoms in total. The summed E-state index contributed by atoms with van der Waals surface area (Å²) in [6, 6.07) is 0. The van der Waals surface area contributed by atoms with E-state index >= 15 is 0 Å². The maximum atomic E-state index is 11.6. The van der Waals surface area contributed by atoms with Gasteiger partial charge in [0.1, 0.15) is 0 Å². The number of aliphatic carboxylic acids is 1. The van der Waals surface area contributed by atoms with Gasteiger partial charge in [0.05, 0.1) is 11.5 Å². The van der Waals surface area contributed by atoms with E-state index in [-0.39, 0.29) is 6.10 Å². The van der Waals surface area contributed by atoms with Gasteiger partial charge in [-0.05, 0) is 51.9 Å². The maximum Gasteiger partial charge on any atom is 0.309 e. The van der Waals surface area contributed by atoms with E-state index in [2.05, 4.69) is 6.92 Å². The Morgan fingerprint density at radius 2 is 2.00 bits per heavy atom. The Morgan fingerprint density at radius 3 is 2.47 bits per heavy atom. The molecule has 1 saturated carbocycles. The van der Waals surface area contributed by atoms with Crippen LogP contribution in [-0.2, 0) is 9.53 Å². The number of carboxylic acid groups (broad SMARTS) is 1. The van der Waals surface area contributed by atoms with Gasteiger partial charge in [-0.3, -0.25) is 4.79 Å². The van der Waals surface area contributed by atoms with Gasteiger partial charge in [0.2, 0.25) is 0 Å². The van der Waals surface area contributed by atoms with E-state index in [0.717, 1.165) is 31.6 Å². The van der Waals surface area contributed by atoms with Crippen LogP contribution in [0.2, 0.25) is 0 Å². The second-order valence-corrected chi connectivity index (χ2v) is 6.34. The summed E-state index contributed by atoms with van der Waals surface area (Å²) < 4.78 is 5.55. The van der Waals surface area contributed by atoms with Gasteiger partial charge in [-0.25, -0.2) is 0 Å². The fourth-order valence-corrected chi connectivity index (χ4v) is 3.07. The number of ether oxygens (including phenoxy) is 1. The smallest absolute Gasteiger partial charge is 0.309 e. The summed E-state index contributed by atoms with van der Waals surface area (Å²) in [5.41, 5.74) is -0.516. The molecule has 0 saturated heterocycles. The van der Waals surface area contributed by atoms with E-state index in [4.69, 9.17) is 4.74 Å². The first-order valence-electron chi connectivity index (χ1n) is 7.85. The highest BCUT2D eigenvalue weighted by atomic mass is 16.5. The molecule has 0 bridgehead atoms. The Hall–Kier alpha value is -0.570. The van der Waals surface area contributed by atoms with Crippen LogP contribution in [0.3, 0.4) is 0 Å². The van der Waals surface area contributed by atoms with Crippen molar-refractivity contribution in [2.24, 2.45) is 11.3 Å². The number of carbonyl (C=O) groups is 1. The normalized spacial score (nSPS) is 27.7. The number of hydrogen-bond acceptors (Lipinski definition) is 2. The molecular formula is C16H30O3. The predicted molar refractivity (Wildman–Crippen MR) is 77.3 cm³/mol. The summed E-state index contributed by atoms with van der Waals surface area (Å²) in [5.74, 6) is 0.132. The van der Waals surface area contributed by atoms with Gasteiger partial charge in [-0.2, -0.15) is 0 Å². The zero-order valence-corrected chi connectivity index (χ0v) is 12.8. The van der Waals surface area contributed by atoms with Crippen LogP contribution in [-0.4, -0.2) is 23.8 Å². The molecule has 1 fully saturated rings. The summed E-state index contributed by atoms with van der Waals surface area (Å²) in [7, 11) is 0. The highest BCUT2D eigenvalue weighted by Crippen LogP contribution is 2.43. The minimum Gasteiger partial charge on any atom is -0.481 e. The van der Waals surface area contributed by atoms with Gasteiger partial charge >= 0.3 is 5.97 Å². The zero-order valence-electron chi connectivity index (χ0n) is 12.8. The summed E-state index contributed by atoms with van der Waals surface area (Å²) in [4.78, 5) is 11.6. The molecule has 1 aliphatic carbocycles. The first-order chi connectivity index (χ1) is 9.00. The minimum absolute atomic E-state index is 0.187. The lowest BCUT2D eigenvalue weighted by atomic mass is 9.68. The maximum absolute atomic E-state index is 11.6. The van der Waals surface area contributed by atoms with Gasteiger partial charge in [-0.1, -0.05) is 26.2 Å². The molecule has 0 atom stereocenters. The van der Waals surface area contributed by atoms with Crippen molar-refractivity contribution >= 4 is 5.97 Å². The molecule has 0 radical (unpaired) electrons. The van der Waals surface area contributed by atoms with E-state index in [1.807, 2.05) is 13.8 Å². The van der Waals surface area contributed by atoms with Gasteiger partial charge < -0.3 is 9.84 Å². The number of hydrogen-bond donors (Lipinski definition) is 1. The molecule has 112 valence electrons. The van der Waals surface area contributed by atoms with Crippen LogP contribution >= 0.6 is 0 Å². The van der Waals surface area contributed by atoms with E-state index in [0.29, 0.717) is 13.0 Å². The van der Waals surface area contributed by atoms with Gasteiger partial charge in [-0.15, -0.1) is 0 Å². The van der Waals surface area contributed by atoms with E-state index < -0.39 is 11.4 Å². The molecule has 0 unspecified atom stereocenters. The lowest BCUT2D eigenvalue weighted by molar-refractivity contribution is -0.153. The molecule has 0 aromatic carbocycles. The van der Waals surface area contributed by atoms with Crippen molar-refractivity contribution < 1.29 is 14.6 Å². The molecule has 1 aliphatic rings. The molecule has 0 aliphatic heterocycles. The summed E-state index contributed by atoms with van der Waals surface area (Å²) in [5, 5.41) is 9.56. The van der Waals surface area contributed by atoms with Crippen LogP contribution in [0.15, 0.2) is 0 Å². The number of rotatable bonds is 8. The predicted octanol–water partition coefficient (Wildman–Crippen LogP) is 4.25. The lowest BCUT2D eigenvalue weighted by Crippen LogP contribution is -2.36. The largest absolute Gasteiger partial charge is 0.481 e. The van der Waals surface area contributed by atoms with Crippen LogP contribution in [0, 0.1) is 11.3 Å². The third-order valence-corrected chi connectivity index (χ3v) is 4.51. The molecule has 0 amide bonds. The highest BCUT2D eigenvalue weighted by molar-refractivity contribution is 5.74. The third kappa shape index (κ3) is 5.13. The lowest BCUT2D eigenvalue weighted by Gasteiger charge is -2.37. The summed E-state index contributed by atoms with van der Waals surface area (Å²) >= 11 is 0. The Balaban J connectivity index is 2.44. The fourth-order valence-electron chi connectivity index (χ4n) is 3.07. The first kappa shape index (κ1) is 16.5. The quantitative estimate of drug-likeness (QED) is 0.717. The average molecular weight is 270 g/mol. The van der Waals surface area contributed by atoms with Crippen molar-refractivity contribution in [2.75, 3.05) is 6.61 Å². The van der Waals surface area contributed by atoms with Crippen molar-refractivity contribution in [3.63, 3.8) is 0 Å². The van der Waals surface area contributed by atoms with Crippen LogP contribution in [0.25, 0.3) is 0 Å². The standard InChI is InChI=1S/C16H30O3/c1-4-5-6-14-7-9-16(10-8-14,15(17)18)11-12-19-13(2)3/h13-14H,4-12H2,1-3H3,(H,17,18). The highest BCUT2D eigenvalue weighted by Gasteiger charge is 2.41. The SMILES string of the molecule is CCCCC1CCC(CCOC(C)C)(C(=O)O)CC1. The Bertz CT molecular complexity index is 265. The second kappa shape index (κ2) is 7.88. The first-order valence-corrected chi connectivity index (χ1v) is 7.85. The van der Waals surface area contributed by atoms with Crippen LogP contribution in [0.4, 0.5) is 0 Å². The van der Waals surface area contributed by atoms with Gasteiger partial charge in [0.25, 0.3) is 0 Å². The third-order valence-electron chi connectivity index (χ3n) is 4.51. The average Bonchev–Trinajstić information content (AvgIpc) is 2.37. The zero-order chi connectivity index (χ0) is 14.3. The molecule has 3 heteroatoms. The van der Waals surface area contributed by atoms with Crippen molar-refractivity contribution in [3.05, 3.63) is 0 Å². The van der Waals surface area contributed by atoms with Crippen LogP contribution < -0.4 is 0 Å². The van der Waals surface area contributed by atoms with Gasteiger partial charge in [0, 0.05) is 6.61 Å². The van der Waals surface area contributed by atoms with E-state index in [1.165, 1.54) is 19.3 Å². The Labute approximate surface area is 117 Å². The minimum atomic E-state index is -0.617. The van der Waals surface area contributed by atoms with Crippen LogP contribution in [0.5, 0.6) is 0 Å². The topological polar surface area (TPSA) is 46.5 Å². The second-order valence-electron chi connectivity index (χ2n) is 6.34.